The second-order valence-corrected chi connectivity index (χ2v) is 6.77. The van der Waals surface area contributed by atoms with Crippen molar-refractivity contribution in [1.82, 2.24) is 4.90 Å². The van der Waals surface area contributed by atoms with E-state index in [1.807, 2.05) is 73.5 Å². The van der Waals surface area contributed by atoms with Crippen molar-refractivity contribution in [2.24, 2.45) is 0 Å². The average molecular weight is 392 g/mol. The monoisotopic (exact) mass is 392 g/mol. The van der Waals surface area contributed by atoms with Crippen LogP contribution in [0.3, 0.4) is 0 Å². The summed E-state index contributed by atoms with van der Waals surface area (Å²) in [5, 5.41) is 3.00. The van der Waals surface area contributed by atoms with Gasteiger partial charge in [-0.3, -0.25) is 9.69 Å². The molecule has 1 atom stereocenters. The van der Waals surface area contributed by atoms with Crippen LogP contribution >= 0.6 is 0 Å². The molecule has 0 heterocycles. The molecule has 1 amide bonds. The SMILES string of the molecule is CCOc1ccccc1NC(=O)C(c1ccccc1)N(C)Cc1ccc(F)cc1. The first-order valence-corrected chi connectivity index (χ1v) is 9.60. The van der Waals surface area contributed by atoms with E-state index < -0.39 is 6.04 Å². The molecule has 29 heavy (non-hydrogen) atoms. The maximum absolute atomic E-state index is 13.3. The van der Waals surface area contributed by atoms with Crippen LogP contribution in [0.1, 0.15) is 24.1 Å². The van der Waals surface area contributed by atoms with E-state index in [4.69, 9.17) is 4.74 Å². The molecule has 1 N–H and O–H groups in total. The lowest BCUT2D eigenvalue weighted by Crippen LogP contribution is -2.34. The Balaban J connectivity index is 1.85. The van der Waals surface area contributed by atoms with E-state index in [2.05, 4.69) is 5.32 Å². The lowest BCUT2D eigenvalue weighted by atomic mass is 10.0. The number of carbonyl (C=O) groups excluding carboxylic acids is 1. The third-order valence-electron chi connectivity index (χ3n) is 4.59. The Morgan fingerprint density at radius 3 is 2.34 bits per heavy atom. The van der Waals surface area contributed by atoms with Crippen molar-refractivity contribution in [1.29, 1.82) is 0 Å². The Morgan fingerprint density at radius 1 is 1.00 bits per heavy atom. The summed E-state index contributed by atoms with van der Waals surface area (Å²) in [5.41, 5.74) is 2.44. The zero-order chi connectivity index (χ0) is 20.6. The second kappa shape index (κ2) is 9.85. The molecule has 0 fully saturated rings. The van der Waals surface area contributed by atoms with Crippen molar-refractivity contribution < 1.29 is 13.9 Å². The van der Waals surface area contributed by atoms with E-state index in [0.717, 1.165) is 11.1 Å². The number of para-hydroxylation sites is 2. The highest BCUT2D eigenvalue weighted by Crippen LogP contribution is 2.28. The first-order valence-electron chi connectivity index (χ1n) is 9.60. The molecule has 1 unspecified atom stereocenters. The third-order valence-corrected chi connectivity index (χ3v) is 4.59. The van der Waals surface area contributed by atoms with E-state index in [-0.39, 0.29) is 11.7 Å². The highest BCUT2D eigenvalue weighted by Gasteiger charge is 2.26. The fraction of sp³-hybridized carbons (Fsp3) is 0.208. The lowest BCUT2D eigenvalue weighted by molar-refractivity contribution is -0.121. The molecule has 0 bridgehead atoms. The van der Waals surface area contributed by atoms with Gasteiger partial charge in [0.25, 0.3) is 0 Å². The normalized spacial score (nSPS) is 11.9. The van der Waals surface area contributed by atoms with Gasteiger partial charge in [-0.2, -0.15) is 0 Å². The molecule has 0 aliphatic carbocycles. The van der Waals surface area contributed by atoms with Gasteiger partial charge in [0.2, 0.25) is 5.91 Å². The standard InChI is InChI=1S/C24H25FN2O2/c1-3-29-22-12-8-7-11-21(22)26-24(28)23(19-9-5-4-6-10-19)27(2)17-18-13-15-20(25)16-14-18/h4-16,23H,3,17H2,1-2H3,(H,26,28). The molecule has 5 heteroatoms. The van der Waals surface area contributed by atoms with Gasteiger partial charge >= 0.3 is 0 Å². The van der Waals surface area contributed by atoms with Crippen LogP contribution < -0.4 is 10.1 Å². The molecule has 4 nitrogen and oxygen atoms in total. The van der Waals surface area contributed by atoms with Crippen LogP contribution in [-0.2, 0) is 11.3 Å². The van der Waals surface area contributed by atoms with Crippen LogP contribution in [0, 0.1) is 5.82 Å². The van der Waals surface area contributed by atoms with Crippen molar-refractivity contribution in [3.05, 3.63) is 95.8 Å². The maximum atomic E-state index is 13.3. The Bertz CT molecular complexity index is 929. The van der Waals surface area contributed by atoms with Gasteiger partial charge in [0, 0.05) is 6.54 Å². The summed E-state index contributed by atoms with van der Waals surface area (Å²) >= 11 is 0. The number of halogens is 1. The first-order chi connectivity index (χ1) is 14.1. The van der Waals surface area contributed by atoms with Crippen LogP contribution in [0.4, 0.5) is 10.1 Å². The highest BCUT2D eigenvalue weighted by atomic mass is 19.1. The number of amides is 1. The van der Waals surface area contributed by atoms with Crippen molar-refractivity contribution in [2.45, 2.75) is 19.5 Å². The smallest absolute Gasteiger partial charge is 0.246 e. The quantitative estimate of drug-likeness (QED) is 0.584. The van der Waals surface area contributed by atoms with Crippen LogP contribution in [0.15, 0.2) is 78.9 Å². The van der Waals surface area contributed by atoms with E-state index in [9.17, 15) is 9.18 Å². The maximum Gasteiger partial charge on any atom is 0.246 e. The molecule has 0 spiro atoms. The number of nitrogens with one attached hydrogen (secondary N) is 1. The summed E-state index contributed by atoms with van der Waals surface area (Å²) in [4.78, 5) is 15.2. The average Bonchev–Trinajstić information content (AvgIpc) is 2.72. The number of ether oxygens (including phenoxy) is 1. The molecule has 3 aromatic rings. The minimum Gasteiger partial charge on any atom is -0.492 e. The molecular weight excluding hydrogens is 367 g/mol. The van der Waals surface area contributed by atoms with Crippen LogP contribution in [0.25, 0.3) is 0 Å². The zero-order valence-electron chi connectivity index (χ0n) is 16.6. The molecule has 3 aromatic carbocycles. The zero-order valence-corrected chi connectivity index (χ0v) is 16.6. The van der Waals surface area contributed by atoms with Crippen LogP contribution in [0.2, 0.25) is 0 Å². The molecule has 0 saturated carbocycles. The molecule has 0 aliphatic rings. The second-order valence-electron chi connectivity index (χ2n) is 6.77. The summed E-state index contributed by atoms with van der Waals surface area (Å²) in [6.07, 6.45) is 0. The van der Waals surface area contributed by atoms with Gasteiger partial charge < -0.3 is 10.1 Å². The Kier molecular flexibility index (Phi) is 6.98. The summed E-state index contributed by atoms with van der Waals surface area (Å²) in [5.74, 6) is 0.200. The fourth-order valence-electron chi connectivity index (χ4n) is 3.26. The third kappa shape index (κ3) is 5.42. The van der Waals surface area contributed by atoms with Crippen molar-refractivity contribution in [3.8, 4) is 5.75 Å². The minimum atomic E-state index is -0.518. The molecule has 3 rings (SSSR count). The first kappa shape index (κ1) is 20.6. The topological polar surface area (TPSA) is 41.6 Å². The van der Waals surface area contributed by atoms with Crippen molar-refractivity contribution in [2.75, 3.05) is 19.0 Å². The number of anilines is 1. The number of nitrogens with zero attached hydrogens (tertiary/aromatic N) is 1. The van der Waals surface area contributed by atoms with Gasteiger partial charge in [-0.1, -0.05) is 54.6 Å². The summed E-state index contributed by atoms with van der Waals surface area (Å²) in [6.45, 7) is 2.92. The molecule has 0 aliphatic heterocycles. The number of hydrogen-bond donors (Lipinski definition) is 1. The van der Waals surface area contributed by atoms with Gasteiger partial charge in [0.15, 0.2) is 0 Å². The number of hydrogen-bond acceptors (Lipinski definition) is 3. The molecule has 0 saturated heterocycles. The van der Waals surface area contributed by atoms with Gasteiger partial charge in [-0.05, 0) is 49.4 Å². The van der Waals surface area contributed by atoms with Crippen molar-refractivity contribution in [3.63, 3.8) is 0 Å². The van der Waals surface area contributed by atoms with Gasteiger partial charge in [-0.25, -0.2) is 4.39 Å². The molecule has 150 valence electrons. The summed E-state index contributed by atoms with van der Waals surface area (Å²) < 4.78 is 18.9. The summed E-state index contributed by atoms with van der Waals surface area (Å²) in [6, 6.07) is 22.8. The van der Waals surface area contributed by atoms with Gasteiger partial charge in [0.1, 0.15) is 17.6 Å². The molecule has 0 aromatic heterocycles. The molecular formula is C24H25FN2O2. The minimum absolute atomic E-state index is 0.159. The fourth-order valence-corrected chi connectivity index (χ4v) is 3.26. The Labute approximate surface area is 170 Å². The van der Waals surface area contributed by atoms with E-state index in [0.29, 0.717) is 24.6 Å². The highest BCUT2D eigenvalue weighted by molar-refractivity contribution is 5.96. The van der Waals surface area contributed by atoms with Gasteiger partial charge in [0.05, 0.1) is 12.3 Å². The van der Waals surface area contributed by atoms with Crippen LogP contribution in [0.5, 0.6) is 5.75 Å². The number of carbonyl (C=O) groups is 1. The van der Waals surface area contributed by atoms with Crippen LogP contribution in [-0.4, -0.2) is 24.5 Å². The Hall–Kier alpha value is -3.18. The van der Waals surface area contributed by atoms with E-state index >= 15 is 0 Å². The predicted octanol–water partition coefficient (Wildman–Crippen LogP) is 5.04. The van der Waals surface area contributed by atoms with E-state index in [1.54, 1.807) is 12.1 Å². The van der Waals surface area contributed by atoms with Gasteiger partial charge in [-0.15, -0.1) is 0 Å². The van der Waals surface area contributed by atoms with Crippen molar-refractivity contribution >= 4 is 11.6 Å². The summed E-state index contributed by atoms with van der Waals surface area (Å²) in [7, 11) is 1.88. The molecule has 0 radical (unpaired) electrons. The number of likely N-dealkylation sites (N-methyl/N-ethyl adjacent to an activating group) is 1. The predicted molar refractivity (Wildman–Crippen MR) is 113 cm³/mol. The Morgan fingerprint density at radius 2 is 1.66 bits per heavy atom. The lowest BCUT2D eigenvalue weighted by Gasteiger charge is -2.28. The largest absolute Gasteiger partial charge is 0.492 e. The number of rotatable bonds is 8. The van der Waals surface area contributed by atoms with E-state index in [1.165, 1.54) is 12.1 Å². The number of benzene rings is 3.